The average Bonchev–Trinajstić information content (AvgIpc) is 3.26. The van der Waals surface area contributed by atoms with Gasteiger partial charge < -0.3 is 4.90 Å². The monoisotopic (exact) mass is 545 g/mol. The zero-order valence-electron chi connectivity index (χ0n) is 25.2. The van der Waals surface area contributed by atoms with Gasteiger partial charge in [-0.1, -0.05) is 104 Å². The first kappa shape index (κ1) is 26.5. The third-order valence-corrected chi connectivity index (χ3v) is 9.51. The van der Waals surface area contributed by atoms with E-state index in [0.29, 0.717) is 0 Å². The van der Waals surface area contributed by atoms with Gasteiger partial charge in [0.1, 0.15) is 0 Å². The summed E-state index contributed by atoms with van der Waals surface area (Å²) >= 11 is 0. The van der Waals surface area contributed by atoms with Crippen LogP contribution in [0.15, 0.2) is 121 Å². The van der Waals surface area contributed by atoms with Crippen molar-refractivity contribution in [3.05, 3.63) is 149 Å². The van der Waals surface area contributed by atoms with E-state index < -0.39 is 0 Å². The Kier molecular flexibility index (Phi) is 6.62. The van der Waals surface area contributed by atoms with Crippen molar-refractivity contribution >= 4 is 28.2 Å². The Bertz CT molecular complexity index is 1810. The molecule has 42 heavy (non-hydrogen) atoms. The minimum absolute atomic E-state index is 0.0331. The predicted octanol–water partition coefficient (Wildman–Crippen LogP) is 11.6. The molecule has 0 aliphatic heterocycles. The highest BCUT2D eigenvalue weighted by molar-refractivity contribution is 5.96. The molecule has 0 N–H and O–H groups in total. The van der Waals surface area contributed by atoms with Gasteiger partial charge in [-0.25, -0.2) is 0 Å². The number of fused-ring (bicyclic) bond motifs is 2. The van der Waals surface area contributed by atoms with Crippen molar-refractivity contribution in [2.24, 2.45) is 0 Å². The van der Waals surface area contributed by atoms with E-state index in [0.717, 1.165) is 25.7 Å². The minimum atomic E-state index is 0.0331. The van der Waals surface area contributed by atoms with Crippen molar-refractivity contribution < 1.29 is 0 Å². The van der Waals surface area contributed by atoms with Gasteiger partial charge in [-0.15, -0.1) is 0 Å². The Balaban J connectivity index is 1.41. The van der Waals surface area contributed by atoms with Crippen LogP contribution in [0.1, 0.15) is 67.3 Å². The van der Waals surface area contributed by atoms with E-state index in [1.807, 2.05) is 0 Å². The lowest BCUT2D eigenvalue weighted by Gasteiger charge is -2.30. The number of nitrogens with zero attached hydrogens (tertiary/aromatic N) is 1. The number of aryl methyl sites for hydroxylation is 2. The molecule has 0 fully saturated rings. The summed E-state index contributed by atoms with van der Waals surface area (Å²) in [7, 11) is 0. The lowest BCUT2D eigenvalue weighted by atomic mass is 9.78. The number of hydrogen-bond donors (Lipinski definition) is 0. The standard InChI is InChI=1S/C41H39N/c1-28-13-8-9-16-34(28)35-26-25-33(27-29(35)2)42(32-23-21-31(22-24-32)30-14-6-5-7-15-30)39-20-12-19-38-40(39)36-17-10-11-18-37(36)41(38,3)4/h6,8-10,12-17,19-27H,5,7,11,18H2,1-4H3. The zero-order chi connectivity index (χ0) is 28.8. The molecule has 3 aliphatic carbocycles. The maximum absolute atomic E-state index is 2.48. The zero-order valence-corrected chi connectivity index (χ0v) is 25.2. The number of benzene rings is 4. The highest BCUT2D eigenvalue weighted by atomic mass is 15.1. The van der Waals surface area contributed by atoms with E-state index in [-0.39, 0.29) is 5.41 Å². The minimum Gasteiger partial charge on any atom is -0.310 e. The maximum atomic E-state index is 2.48. The maximum Gasteiger partial charge on any atom is 0.0543 e. The Morgan fingerprint density at radius 1 is 0.667 bits per heavy atom. The third kappa shape index (κ3) is 4.40. The van der Waals surface area contributed by atoms with Crippen molar-refractivity contribution in [2.45, 2.75) is 58.8 Å². The summed E-state index contributed by atoms with van der Waals surface area (Å²) in [4.78, 5) is 2.48. The van der Waals surface area contributed by atoms with Crippen molar-refractivity contribution in [3.63, 3.8) is 0 Å². The Morgan fingerprint density at radius 2 is 1.43 bits per heavy atom. The number of hydrogen-bond acceptors (Lipinski definition) is 1. The van der Waals surface area contributed by atoms with Crippen LogP contribution in [0, 0.1) is 13.8 Å². The van der Waals surface area contributed by atoms with Crippen LogP contribution >= 0.6 is 0 Å². The second-order valence-corrected chi connectivity index (χ2v) is 12.5. The Morgan fingerprint density at radius 3 is 2.19 bits per heavy atom. The van der Waals surface area contributed by atoms with Gasteiger partial charge in [-0.2, -0.15) is 0 Å². The molecule has 1 heteroatoms. The van der Waals surface area contributed by atoms with E-state index in [1.165, 1.54) is 67.2 Å². The van der Waals surface area contributed by atoms with Gasteiger partial charge in [0.05, 0.1) is 5.69 Å². The molecule has 3 aliphatic rings. The van der Waals surface area contributed by atoms with E-state index in [1.54, 1.807) is 5.57 Å². The fourth-order valence-electron chi connectivity index (χ4n) is 7.26. The van der Waals surface area contributed by atoms with Crippen LogP contribution in [-0.2, 0) is 5.41 Å². The lowest BCUT2D eigenvalue weighted by Crippen LogP contribution is -2.18. The summed E-state index contributed by atoms with van der Waals surface area (Å²) in [6.45, 7) is 9.26. The van der Waals surface area contributed by atoms with Crippen LogP contribution in [0.4, 0.5) is 17.1 Å². The van der Waals surface area contributed by atoms with Crippen LogP contribution in [0.3, 0.4) is 0 Å². The van der Waals surface area contributed by atoms with Crippen molar-refractivity contribution in [1.29, 1.82) is 0 Å². The van der Waals surface area contributed by atoms with Crippen LogP contribution < -0.4 is 4.90 Å². The van der Waals surface area contributed by atoms with Gasteiger partial charge in [0.2, 0.25) is 0 Å². The molecular formula is C41H39N. The third-order valence-electron chi connectivity index (χ3n) is 9.51. The number of anilines is 3. The first-order valence-corrected chi connectivity index (χ1v) is 15.4. The molecule has 7 rings (SSSR count). The molecule has 0 spiro atoms. The summed E-state index contributed by atoms with van der Waals surface area (Å²) in [5.74, 6) is 0. The van der Waals surface area contributed by atoms with Crippen LogP contribution in [0.2, 0.25) is 0 Å². The quantitative estimate of drug-likeness (QED) is 0.241. The molecule has 4 aromatic rings. The fourth-order valence-corrected chi connectivity index (χ4v) is 7.26. The summed E-state index contributed by atoms with van der Waals surface area (Å²) in [5, 5.41) is 0. The summed E-state index contributed by atoms with van der Waals surface area (Å²) in [5.41, 5.74) is 17.3. The van der Waals surface area contributed by atoms with Gasteiger partial charge in [-0.05, 0) is 114 Å². The number of rotatable bonds is 5. The molecule has 4 aromatic carbocycles. The van der Waals surface area contributed by atoms with E-state index >= 15 is 0 Å². The molecular weight excluding hydrogens is 506 g/mol. The smallest absolute Gasteiger partial charge is 0.0543 e. The molecule has 0 amide bonds. The van der Waals surface area contributed by atoms with Gasteiger partial charge in [0, 0.05) is 22.4 Å². The van der Waals surface area contributed by atoms with Crippen molar-refractivity contribution in [3.8, 4) is 11.1 Å². The van der Waals surface area contributed by atoms with Crippen molar-refractivity contribution in [2.75, 3.05) is 4.90 Å². The second-order valence-electron chi connectivity index (χ2n) is 12.5. The second kappa shape index (κ2) is 10.5. The summed E-state index contributed by atoms with van der Waals surface area (Å²) < 4.78 is 0. The average molecular weight is 546 g/mol. The van der Waals surface area contributed by atoms with E-state index in [2.05, 4.69) is 148 Å². The largest absolute Gasteiger partial charge is 0.310 e. The van der Waals surface area contributed by atoms with Gasteiger partial charge in [-0.3, -0.25) is 0 Å². The van der Waals surface area contributed by atoms with E-state index in [9.17, 15) is 0 Å². The molecule has 0 atom stereocenters. The first-order valence-electron chi connectivity index (χ1n) is 15.4. The van der Waals surface area contributed by atoms with E-state index in [4.69, 9.17) is 0 Å². The molecule has 0 saturated heterocycles. The first-order chi connectivity index (χ1) is 20.4. The van der Waals surface area contributed by atoms with Crippen LogP contribution in [0.5, 0.6) is 0 Å². The molecule has 0 radical (unpaired) electrons. The fraction of sp³-hybridized carbons (Fsp3) is 0.220. The lowest BCUT2D eigenvalue weighted by molar-refractivity contribution is 0.607. The van der Waals surface area contributed by atoms with Gasteiger partial charge >= 0.3 is 0 Å². The normalized spacial score (nSPS) is 16.7. The summed E-state index contributed by atoms with van der Waals surface area (Å²) in [6.07, 6.45) is 16.1. The van der Waals surface area contributed by atoms with Gasteiger partial charge in [0.25, 0.3) is 0 Å². The molecule has 0 unspecified atom stereocenters. The SMILES string of the molecule is Cc1ccccc1-c1ccc(N(c2ccc(C3=CCCC=C3)cc2)c2cccc3c2C2=C(CCC=C2)C3(C)C)cc1C. The molecule has 0 aromatic heterocycles. The molecule has 0 bridgehead atoms. The highest BCUT2D eigenvalue weighted by Crippen LogP contribution is 2.54. The number of allylic oxidation sites excluding steroid dienone is 8. The van der Waals surface area contributed by atoms with Gasteiger partial charge in [0.15, 0.2) is 0 Å². The van der Waals surface area contributed by atoms with Crippen molar-refractivity contribution in [1.82, 2.24) is 0 Å². The molecule has 0 heterocycles. The summed E-state index contributed by atoms with van der Waals surface area (Å²) in [6, 6.07) is 31.8. The molecule has 208 valence electrons. The van der Waals surface area contributed by atoms with Crippen LogP contribution in [-0.4, -0.2) is 0 Å². The Labute approximate surface area is 251 Å². The Hall–Kier alpha value is -4.36. The molecule has 0 saturated carbocycles. The molecule has 1 nitrogen and oxygen atoms in total. The highest BCUT2D eigenvalue weighted by Gasteiger charge is 2.39. The topological polar surface area (TPSA) is 3.24 Å². The van der Waals surface area contributed by atoms with Crippen LogP contribution in [0.25, 0.3) is 22.3 Å². The predicted molar refractivity (Wildman–Crippen MR) is 181 cm³/mol.